The second-order valence-electron chi connectivity index (χ2n) is 4.68. The van der Waals surface area contributed by atoms with E-state index < -0.39 is 0 Å². The first-order chi connectivity index (χ1) is 7.25. The van der Waals surface area contributed by atoms with Gasteiger partial charge in [0.25, 0.3) is 0 Å². The number of aromatic nitrogens is 1. The monoisotopic (exact) mass is 201 g/mol. The molecule has 0 N–H and O–H groups in total. The van der Waals surface area contributed by atoms with Crippen LogP contribution in [0, 0.1) is 5.92 Å². The number of rotatable bonds is 3. The molecule has 1 aliphatic rings. The van der Waals surface area contributed by atoms with Crippen molar-refractivity contribution in [2.75, 3.05) is 0 Å². The maximum absolute atomic E-state index is 4.31. The molecule has 0 radical (unpaired) electrons. The summed E-state index contributed by atoms with van der Waals surface area (Å²) in [5.41, 5.74) is 3.53. The van der Waals surface area contributed by atoms with E-state index in [9.17, 15) is 0 Å². The molecule has 1 aromatic heterocycles. The molecular formula is C14H19N. The molecular weight excluding hydrogens is 182 g/mol. The molecule has 1 fully saturated rings. The molecule has 0 saturated heterocycles. The number of nitrogens with zero attached hydrogens (tertiary/aromatic N) is 1. The van der Waals surface area contributed by atoms with Crippen LogP contribution < -0.4 is 0 Å². The summed E-state index contributed by atoms with van der Waals surface area (Å²) in [6.07, 6.45) is 8.79. The minimum Gasteiger partial charge on any atom is -0.257 e. The molecule has 0 spiro atoms. The van der Waals surface area contributed by atoms with Crippen molar-refractivity contribution in [2.24, 2.45) is 5.92 Å². The quantitative estimate of drug-likeness (QED) is 0.724. The van der Waals surface area contributed by atoms with Gasteiger partial charge in [-0.25, -0.2) is 0 Å². The van der Waals surface area contributed by atoms with E-state index in [0.29, 0.717) is 0 Å². The summed E-state index contributed by atoms with van der Waals surface area (Å²) in [5, 5.41) is 0. The van der Waals surface area contributed by atoms with E-state index in [0.717, 1.165) is 17.2 Å². The van der Waals surface area contributed by atoms with Crippen molar-refractivity contribution >= 4 is 5.57 Å². The Kier molecular flexibility index (Phi) is 3.20. The minimum absolute atomic E-state index is 0.908. The van der Waals surface area contributed by atoms with Gasteiger partial charge in [-0.1, -0.05) is 32.3 Å². The first-order valence-corrected chi connectivity index (χ1v) is 5.86. The summed E-state index contributed by atoms with van der Waals surface area (Å²) >= 11 is 0. The highest BCUT2D eigenvalue weighted by atomic mass is 14.7. The van der Waals surface area contributed by atoms with Gasteiger partial charge in [-0.3, -0.25) is 4.98 Å². The molecule has 15 heavy (non-hydrogen) atoms. The highest BCUT2D eigenvalue weighted by molar-refractivity contribution is 5.57. The molecule has 1 heterocycles. The van der Waals surface area contributed by atoms with Gasteiger partial charge >= 0.3 is 0 Å². The Bertz CT molecular complexity index is 348. The standard InChI is InChI=1S/C14H19N/c1-11(2)14-10-13(7-8-15-14)9-12-5-3-4-6-12/h7-8,10,12H,1,3-6,9H2,2H3. The van der Waals surface area contributed by atoms with Gasteiger partial charge < -0.3 is 0 Å². The second kappa shape index (κ2) is 4.61. The molecule has 1 saturated carbocycles. The highest BCUT2D eigenvalue weighted by Crippen LogP contribution is 2.28. The average molecular weight is 201 g/mol. The molecule has 1 aliphatic carbocycles. The van der Waals surface area contributed by atoms with Gasteiger partial charge in [-0.15, -0.1) is 0 Å². The van der Waals surface area contributed by atoms with Crippen molar-refractivity contribution in [1.82, 2.24) is 4.98 Å². The molecule has 1 nitrogen and oxygen atoms in total. The molecule has 0 atom stereocenters. The molecule has 1 aromatic rings. The van der Waals surface area contributed by atoms with Crippen molar-refractivity contribution < 1.29 is 0 Å². The Morgan fingerprint density at radius 3 is 2.87 bits per heavy atom. The maximum atomic E-state index is 4.31. The Labute approximate surface area is 92.2 Å². The first kappa shape index (κ1) is 10.4. The van der Waals surface area contributed by atoms with E-state index in [2.05, 4.69) is 23.7 Å². The predicted octanol–water partition coefficient (Wildman–Crippen LogP) is 3.85. The molecule has 1 heteroatoms. The Balaban J connectivity index is 2.07. The zero-order chi connectivity index (χ0) is 10.7. The van der Waals surface area contributed by atoms with Crippen LogP contribution in [0.15, 0.2) is 24.9 Å². The lowest BCUT2D eigenvalue weighted by molar-refractivity contribution is 0.546. The van der Waals surface area contributed by atoms with Crippen molar-refractivity contribution in [3.05, 3.63) is 36.2 Å². The van der Waals surface area contributed by atoms with Crippen molar-refractivity contribution in [1.29, 1.82) is 0 Å². The van der Waals surface area contributed by atoms with E-state index >= 15 is 0 Å². The normalized spacial score (nSPS) is 16.9. The molecule has 2 rings (SSSR count). The predicted molar refractivity (Wildman–Crippen MR) is 64.6 cm³/mol. The van der Waals surface area contributed by atoms with Crippen LogP contribution in [0.4, 0.5) is 0 Å². The minimum atomic E-state index is 0.908. The Morgan fingerprint density at radius 1 is 1.47 bits per heavy atom. The van der Waals surface area contributed by atoms with Crippen LogP contribution in [0.3, 0.4) is 0 Å². The summed E-state index contributed by atoms with van der Waals surface area (Å²) in [6, 6.07) is 4.34. The van der Waals surface area contributed by atoms with E-state index in [1.165, 1.54) is 37.7 Å². The van der Waals surface area contributed by atoms with Crippen molar-refractivity contribution in [2.45, 2.75) is 39.0 Å². The molecule has 0 aromatic carbocycles. The lowest BCUT2D eigenvalue weighted by atomic mass is 9.98. The lowest BCUT2D eigenvalue weighted by Gasteiger charge is -2.09. The zero-order valence-electron chi connectivity index (χ0n) is 9.50. The molecule has 0 unspecified atom stereocenters. The van der Waals surface area contributed by atoms with Crippen LogP contribution in [0.2, 0.25) is 0 Å². The van der Waals surface area contributed by atoms with Crippen molar-refractivity contribution in [3.8, 4) is 0 Å². The SMILES string of the molecule is C=C(C)c1cc(CC2CCCC2)ccn1. The third kappa shape index (κ3) is 2.68. The van der Waals surface area contributed by atoms with Crippen molar-refractivity contribution in [3.63, 3.8) is 0 Å². The van der Waals surface area contributed by atoms with Crippen LogP contribution in [0.5, 0.6) is 0 Å². The van der Waals surface area contributed by atoms with Gasteiger partial charge in [-0.05, 0) is 42.5 Å². The third-order valence-corrected chi connectivity index (χ3v) is 3.26. The summed E-state index contributed by atoms with van der Waals surface area (Å²) in [7, 11) is 0. The van der Waals surface area contributed by atoms with Crippen LogP contribution in [-0.2, 0) is 6.42 Å². The van der Waals surface area contributed by atoms with Gasteiger partial charge in [0.15, 0.2) is 0 Å². The first-order valence-electron chi connectivity index (χ1n) is 5.86. The van der Waals surface area contributed by atoms with Gasteiger partial charge in [-0.2, -0.15) is 0 Å². The van der Waals surface area contributed by atoms with E-state index in [1.54, 1.807) is 0 Å². The summed E-state index contributed by atoms with van der Waals surface area (Å²) in [6.45, 7) is 5.95. The summed E-state index contributed by atoms with van der Waals surface area (Å²) in [5.74, 6) is 0.908. The van der Waals surface area contributed by atoms with E-state index in [-0.39, 0.29) is 0 Å². The number of hydrogen-bond donors (Lipinski definition) is 0. The lowest BCUT2D eigenvalue weighted by Crippen LogP contribution is -1.99. The maximum Gasteiger partial charge on any atom is 0.0655 e. The Morgan fingerprint density at radius 2 is 2.20 bits per heavy atom. The number of hydrogen-bond acceptors (Lipinski definition) is 1. The molecule has 0 bridgehead atoms. The molecule has 0 amide bonds. The average Bonchev–Trinajstić information content (AvgIpc) is 2.71. The molecule has 0 aliphatic heterocycles. The second-order valence-corrected chi connectivity index (χ2v) is 4.68. The largest absolute Gasteiger partial charge is 0.257 e. The van der Waals surface area contributed by atoms with Gasteiger partial charge in [0.1, 0.15) is 0 Å². The summed E-state index contributed by atoms with van der Waals surface area (Å²) < 4.78 is 0. The van der Waals surface area contributed by atoms with Crippen LogP contribution in [0.1, 0.15) is 43.9 Å². The van der Waals surface area contributed by atoms with Gasteiger partial charge in [0.2, 0.25) is 0 Å². The Hall–Kier alpha value is -1.11. The fourth-order valence-electron chi connectivity index (χ4n) is 2.38. The van der Waals surface area contributed by atoms with E-state index in [1.807, 2.05) is 13.1 Å². The topological polar surface area (TPSA) is 12.9 Å². The fraction of sp³-hybridized carbons (Fsp3) is 0.500. The molecule has 80 valence electrons. The summed E-state index contributed by atoms with van der Waals surface area (Å²) in [4.78, 5) is 4.31. The van der Waals surface area contributed by atoms with E-state index in [4.69, 9.17) is 0 Å². The van der Waals surface area contributed by atoms with Gasteiger partial charge in [0, 0.05) is 6.20 Å². The smallest absolute Gasteiger partial charge is 0.0655 e. The van der Waals surface area contributed by atoms with Crippen LogP contribution in [0.25, 0.3) is 5.57 Å². The zero-order valence-corrected chi connectivity index (χ0v) is 9.50. The number of pyridine rings is 1. The van der Waals surface area contributed by atoms with Gasteiger partial charge in [0.05, 0.1) is 5.69 Å². The number of allylic oxidation sites excluding steroid dienone is 1. The van der Waals surface area contributed by atoms with Crippen LogP contribution in [-0.4, -0.2) is 4.98 Å². The third-order valence-electron chi connectivity index (χ3n) is 3.26. The highest BCUT2D eigenvalue weighted by Gasteiger charge is 2.15. The fourth-order valence-corrected chi connectivity index (χ4v) is 2.38. The van der Waals surface area contributed by atoms with Crippen LogP contribution >= 0.6 is 0 Å².